The monoisotopic (exact) mass is 223 g/mol. The van der Waals surface area contributed by atoms with Gasteiger partial charge < -0.3 is 5.73 Å². The Bertz CT molecular complexity index is 462. The second kappa shape index (κ2) is 4.40. The average molecular weight is 223 g/mol. The number of halogens is 2. The van der Waals surface area contributed by atoms with Crippen molar-refractivity contribution in [2.75, 3.05) is 0 Å². The second-order valence-electron chi connectivity index (χ2n) is 3.33. The van der Waals surface area contributed by atoms with E-state index in [1.165, 1.54) is 17.0 Å². The molecule has 0 spiro atoms. The van der Waals surface area contributed by atoms with E-state index in [4.69, 9.17) is 5.73 Å². The second-order valence-corrected chi connectivity index (χ2v) is 3.33. The van der Waals surface area contributed by atoms with E-state index >= 15 is 0 Å². The molecule has 0 amide bonds. The maximum absolute atomic E-state index is 12.6. The van der Waals surface area contributed by atoms with Crippen molar-refractivity contribution in [2.24, 2.45) is 5.73 Å². The van der Waals surface area contributed by atoms with Crippen LogP contribution < -0.4 is 5.73 Å². The number of nitrogens with two attached hydrogens (primary N) is 1. The zero-order chi connectivity index (χ0) is 11.5. The molecule has 0 aliphatic rings. The van der Waals surface area contributed by atoms with Crippen molar-refractivity contribution in [3.8, 4) is 5.69 Å². The van der Waals surface area contributed by atoms with E-state index in [1.807, 2.05) is 12.1 Å². The molecule has 1 aromatic heterocycles. The van der Waals surface area contributed by atoms with Crippen LogP contribution in [-0.2, 0) is 6.54 Å². The summed E-state index contributed by atoms with van der Waals surface area (Å²) < 4.78 is 26.5. The Morgan fingerprint density at radius 2 is 1.94 bits per heavy atom. The van der Waals surface area contributed by atoms with Gasteiger partial charge in [0.25, 0.3) is 6.43 Å². The Kier molecular flexibility index (Phi) is 2.96. The van der Waals surface area contributed by atoms with Crippen molar-refractivity contribution in [3.05, 3.63) is 48.0 Å². The van der Waals surface area contributed by atoms with Gasteiger partial charge in [-0.1, -0.05) is 12.1 Å². The summed E-state index contributed by atoms with van der Waals surface area (Å²) in [5.74, 6) is -0.250. The molecule has 1 heterocycles. The quantitative estimate of drug-likeness (QED) is 0.867. The van der Waals surface area contributed by atoms with E-state index in [-0.39, 0.29) is 5.82 Å². The van der Waals surface area contributed by atoms with Gasteiger partial charge in [-0.25, -0.2) is 13.8 Å². The van der Waals surface area contributed by atoms with Gasteiger partial charge in [-0.2, -0.15) is 0 Å². The zero-order valence-electron chi connectivity index (χ0n) is 8.48. The van der Waals surface area contributed by atoms with Gasteiger partial charge in [0.2, 0.25) is 0 Å². The highest BCUT2D eigenvalue weighted by atomic mass is 19.3. The fourth-order valence-electron chi connectivity index (χ4n) is 1.49. The lowest BCUT2D eigenvalue weighted by Gasteiger charge is -2.07. The van der Waals surface area contributed by atoms with Crippen LogP contribution in [0, 0.1) is 0 Å². The largest absolute Gasteiger partial charge is 0.326 e. The van der Waals surface area contributed by atoms with Crippen LogP contribution in [0.5, 0.6) is 0 Å². The third-order valence-electron chi connectivity index (χ3n) is 2.31. The molecule has 0 unspecified atom stereocenters. The molecule has 0 aliphatic carbocycles. The highest BCUT2D eigenvalue weighted by molar-refractivity contribution is 5.36. The molecule has 0 radical (unpaired) electrons. The molecule has 0 aliphatic heterocycles. The van der Waals surface area contributed by atoms with Gasteiger partial charge in [0.15, 0.2) is 5.82 Å². The summed E-state index contributed by atoms with van der Waals surface area (Å²) in [4.78, 5) is 3.62. The van der Waals surface area contributed by atoms with Gasteiger partial charge >= 0.3 is 0 Å². The van der Waals surface area contributed by atoms with Gasteiger partial charge in [0.1, 0.15) is 0 Å². The number of hydrogen-bond acceptors (Lipinski definition) is 2. The Hall–Kier alpha value is -1.75. The third kappa shape index (κ3) is 1.94. The minimum absolute atomic E-state index is 0.250. The Balaban J connectivity index is 2.38. The molecule has 5 heteroatoms. The summed E-state index contributed by atoms with van der Waals surface area (Å²) in [6.45, 7) is 0.436. The summed E-state index contributed by atoms with van der Waals surface area (Å²) in [6, 6.07) is 7.11. The summed E-state index contributed by atoms with van der Waals surface area (Å²) in [7, 11) is 0. The lowest BCUT2D eigenvalue weighted by molar-refractivity contribution is 0.138. The van der Waals surface area contributed by atoms with Crippen molar-refractivity contribution < 1.29 is 8.78 Å². The molecule has 1 aromatic carbocycles. The van der Waals surface area contributed by atoms with Crippen LogP contribution in [0.4, 0.5) is 8.78 Å². The van der Waals surface area contributed by atoms with E-state index in [1.54, 1.807) is 12.1 Å². The zero-order valence-corrected chi connectivity index (χ0v) is 8.48. The highest BCUT2D eigenvalue weighted by Gasteiger charge is 2.14. The van der Waals surface area contributed by atoms with E-state index in [2.05, 4.69) is 4.98 Å². The number of benzene rings is 1. The molecule has 2 aromatic rings. The summed E-state index contributed by atoms with van der Waals surface area (Å²) >= 11 is 0. The summed E-state index contributed by atoms with van der Waals surface area (Å²) in [5.41, 5.74) is 7.08. The SMILES string of the molecule is NCc1ccc(-n2ccnc2C(F)F)cc1. The number of rotatable bonds is 3. The number of imidazole rings is 1. The van der Waals surface area contributed by atoms with Crippen molar-refractivity contribution in [1.82, 2.24) is 9.55 Å². The fraction of sp³-hybridized carbons (Fsp3) is 0.182. The van der Waals surface area contributed by atoms with Crippen LogP contribution >= 0.6 is 0 Å². The van der Waals surface area contributed by atoms with Crippen LogP contribution in [0.3, 0.4) is 0 Å². The lowest BCUT2D eigenvalue weighted by Crippen LogP contribution is -2.02. The molecule has 0 atom stereocenters. The minimum atomic E-state index is -2.58. The molecule has 0 saturated carbocycles. The van der Waals surface area contributed by atoms with E-state index in [0.29, 0.717) is 12.2 Å². The highest BCUT2D eigenvalue weighted by Crippen LogP contribution is 2.20. The van der Waals surface area contributed by atoms with Gasteiger partial charge in [0.05, 0.1) is 0 Å². The topological polar surface area (TPSA) is 43.8 Å². The summed E-state index contributed by atoms with van der Waals surface area (Å²) in [6.07, 6.45) is 0.293. The van der Waals surface area contributed by atoms with Crippen molar-refractivity contribution in [2.45, 2.75) is 13.0 Å². The number of nitrogens with zero attached hydrogens (tertiary/aromatic N) is 2. The van der Waals surface area contributed by atoms with Crippen LogP contribution in [0.25, 0.3) is 5.69 Å². The summed E-state index contributed by atoms with van der Waals surface area (Å²) in [5, 5.41) is 0. The van der Waals surface area contributed by atoms with E-state index in [0.717, 1.165) is 5.56 Å². The first-order valence-corrected chi connectivity index (χ1v) is 4.83. The lowest BCUT2D eigenvalue weighted by atomic mass is 10.2. The van der Waals surface area contributed by atoms with Gasteiger partial charge in [-0.05, 0) is 17.7 Å². The maximum atomic E-state index is 12.6. The molecule has 2 N–H and O–H groups in total. The van der Waals surface area contributed by atoms with Gasteiger partial charge in [-0.3, -0.25) is 4.57 Å². The molecule has 16 heavy (non-hydrogen) atoms. The van der Waals surface area contributed by atoms with E-state index < -0.39 is 6.43 Å². The first kappa shape index (κ1) is 10.8. The fourth-order valence-corrected chi connectivity index (χ4v) is 1.49. The van der Waals surface area contributed by atoms with E-state index in [9.17, 15) is 8.78 Å². The van der Waals surface area contributed by atoms with Crippen molar-refractivity contribution in [1.29, 1.82) is 0 Å². The normalized spacial score (nSPS) is 11.0. The van der Waals surface area contributed by atoms with Crippen LogP contribution in [0.1, 0.15) is 17.8 Å². The Morgan fingerprint density at radius 3 is 2.50 bits per heavy atom. The first-order chi connectivity index (χ1) is 7.72. The number of aromatic nitrogens is 2. The van der Waals surface area contributed by atoms with Gasteiger partial charge in [-0.15, -0.1) is 0 Å². The Labute approximate surface area is 91.5 Å². The number of hydrogen-bond donors (Lipinski definition) is 1. The van der Waals surface area contributed by atoms with Crippen LogP contribution in [0.2, 0.25) is 0 Å². The predicted molar refractivity (Wildman–Crippen MR) is 56.4 cm³/mol. The molecule has 0 bridgehead atoms. The van der Waals surface area contributed by atoms with Crippen LogP contribution in [-0.4, -0.2) is 9.55 Å². The minimum Gasteiger partial charge on any atom is -0.326 e. The maximum Gasteiger partial charge on any atom is 0.295 e. The molecule has 2 rings (SSSR count). The molecule has 0 saturated heterocycles. The molecule has 84 valence electrons. The smallest absolute Gasteiger partial charge is 0.295 e. The molecular formula is C11H11F2N3. The van der Waals surface area contributed by atoms with Crippen molar-refractivity contribution in [3.63, 3.8) is 0 Å². The standard InChI is InChI=1S/C11H11F2N3/c12-10(13)11-15-5-6-16(11)9-3-1-8(7-14)2-4-9/h1-6,10H,7,14H2. The molecular weight excluding hydrogens is 212 g/mol. The number of alkyl halides is 2. The molecule has 3 nitrogen and oxygen atoms in total. The third-order valence-corrected chi connectivity index (χ3v) is 2.31. The first-order valence-electron chi connectivity index (χ1n) is 4.83. The van der Waals surface area contributed by atoms with Gasteiger partial charge in [0, 0.05) is 24.6 Å². The Morgan fingerprint density at radius 1 is 1.25 bits per heavy atom. The predicted octanol–water partition coefficient (Wildman–Crippen LogP) is 2.27. The van der Waals surface area contributed by atoms with Crippen LogP contribution in [0.15, 0.2) is 36.7 Å². The molecule has 0 fully saturated rings. The average Bonchev–Trinajstić information content (AvgIpc) is 2.78. The van der Waals surface area contributed by atoms with Crippen molar-refractivity contribution >= 4 is 0 Å².